The third kappa shape index (κ3) is 2.12. The van der Waals surface area contributed by atoms with Gasteiger partial charge < -0.3 is 5.73 Å². The topological polar surface area (TPSA) is 69.2 Å². The van der Waals surface area contributed by atoms with Crippen molar-refractivity contribution in [3.05, 3.63) is 39.7 Å². The Hall–Kier alpha value is -1.49. The SMILES string of the molecule is NC1(Cc2ccc([N+](=O)[O-])c(F)c2)CC1. The van der Waals surface area contributed by atoms with E-state index in [0.29, 0.717) is 6.42 Å². The molecule has 1 fully saturated rings. The Morgan fingerprint density at radius 3 is 2.67 bits per heavy atom. The Labute approximate surface area is 86.0 Å². The van der Waals surface area contributed by atoms with Gasteiger partial charge in [-0.05, 0) is 30.9 Å². The molecule has 15 heavy (non-hydrogen) atoms. The molecule has 0 aromatic heterocycles. The predicted molar refractivity (Wildman–Crippen MR) is 52.9 cm³/mol. The molecule has 4 nitrogen and oxygen atoms in total. The van der Waals surface area contributed by atoms with Gasteiger partial charge in [0.2, 0.25) is 5.82 Å². The number of benzene rings is 1. The molecule has 1 aliphatic rings. The van der Waals surface area contributed by atoms with Crippen LogP contribution in [0.15, 0.2) is 18.2 Å². The van der Waals surface area contributed by atoms with Crippen molar-refractivity contribution < 1.29 is 9.31 Å². The third-order valence-electron chi connectivity index (χ3n) is 2.66. The predicted octanol–water partition coefficient (Wildman–Crippen LogP) is 1.77. The largest absolute Gasteiger partial charge is 0.325 e. The average molecular weight is 210 g/mol. The zero-order valence-electron chi connectivity index (χ0n) is 8.07. The van der Waals surface area contributed by atoms with Crippen LogP contribution in [0.5, 0.6) is 0 Å². The van der Waals surface area contributed by atoms with E-state index in [9.17, 15) is 14.5 Å². The fourth-order valence-electron chi connectivity index (χ4n) is 1.55. The van der Waals surface area contributed by atoms with E-state index in [0.717, 1.165) is 18.4 Å². The van der Waals surface area contributed by atoms with E-state index in [1.165, 1.54) is 12.1 Å². The Morgan fingerprint density at radius 1 is 1.53 bits per heavy atom. The van der Waals surface area contributed by atoms with Gasteiger partial charge in [-0.25, -0.2) is 0 Å². The molecule has 0 radical (unpaired) electrons. The standard InChI is InChI=1S/C10H11FN2O2/c11-8-5-7(6-10(12)3-4-10)1-2-9(8)13(14)15/h1-2,5H,3-4,6,12H2. The first-order chi connectivity index (χ1) is 7.00. The van der Waals surface area contributed by atoms with Crippen LogP contribution in [0.2, 0.25) is 0 Å². The highest BCUT2D eigenvalue weighted by atomic mass is 19.1. The zero-order valence-corrected chi connectivity index (χ0v) is 8.07. The van der Waals surface area contributed by atoms with Crippen molar-refractivity contribution in [2.75, 3.05) is 0 Å². The summed E-state index contributed by atoms with van der Waals surface area (Å²) < 4.78 is 13.2. The number of halogens is 1. The number of hydrogen-bond donors (Lipinski definition) is 1. The number of nitrogens with two attached hydrogens (primary N) is 1. The number of rotatable bonds is 3. The molecule has 0 unspecified atom stereocenters. The Balaban J connectivity index is 2.21. The molecule has 0 aliphatic heterocycles. The molecular formula is C10H11FN2O2. The molecule has 1 saturated carbocycles. The summed E-state index contributed by atoms with van der Waals surface area (Å²) in [5.74, 6) is -0.790. The number of nitro benzene ring substituents is 1. The number of nitrogens with zero attached hydrogens (tertiary/aromatic N) is 1. The molecule has 0 saturated heterocycles. The van der Waals surface area contributed by atoms with Crippen molar-refractivity contribution in [3.63, 3.8) is 0 Å². The molecule has 2 rings (SSSR count). The molecule has 0 spiro atoms. The van der Waals surface area contributed by atoms with Gasteiger partial charge in [-0.3, -0.25) is 10.1 Å². The van der Waals surface area contributed by atoms with Gasteiger partial charge in [0.05, 0.1) is 4.92 Å². The summed E-state index contributed by atoms with van der Waals surface area (Å²) in [6, 6.07) is 3.95. The molecular weight excluding hydrogens is 199 g/mol. The van der Waals surface area contributed by atoms with Gasteiger partial charge in [0, 0.05) is 11.6 Å². The van der Waals surface area contributed by atoms with Gasteiger partial charge in [0.1, 0.15) is 0 Å². The van der Waals surface area contributed by atoms with Gasteiger partial charge in [-0.1, -0.05) is 6.07 Å². The first kappa shape index (κ1) is 10.0. The minimum absolute atomic E-state index is 0.206. The summed E-state index contributed by atoms with van der Waals surface area (Å²) in [6.45, 7) is 0. The van der Waals surface area contributed by atoms with Crippen LogP contribution < -0.4 is 5.73 Å². The Bertz CT molecular complexity index is 416. The van der Waals surface area contributed by atoms with E-state index in [-0.39, 0.29) is 5.54 Å². The quantitative estimate of drug-likeness (QED) is 0.610. The Kier molecular flexibility index (Phi) is 2.19. The van der Waals surface area contributed by atoms with Crippen molar-refractivity contribution in [1.82, 2.24) is 0 Å². The first-order valence-electron chi connectivity index (χ1n) is 4.72. The van der Waals surface area contributed by atoms with Gasteiger partial charge in [0.15, 0.2) is 0 Å². The van der Waals surface area contributed by atoms with E-state index in [2.05, 4.69) is 0 Å². The van der Waals surface area contributed by atoms with E-state index < -0.39 is 16.4 Å². The lowest BCUT2D eigenvalue weighted by Crippen LogP contribution is -2.24. The minimum atomic E-state index is -0.790. The monoisotopic (exact) mass is 210 g/mol. The van der Waals surface area contributed by atoms with Crippen molar-refractivity contribution in [2.45, 2.75) is 24.8 Å². The summed E-state index contributed by atoms with van der Waals surface area (Å²) >= 11 is 0. The van der Waals surface area contributed by atoms with Crippen LogP contribution >= 0.6 is 0 Å². The van der Waals surface area contributed by atoms with Crippen LogP contribution in [-0.2, 0) is 6.42 Å². The van der Waals surface area contributed by atoms with Gasteiger partial charge in [0.25, 0.3) is 0 Å². The highest BCUT2D eigenvalue weighted by Gasteiger charge is 2.38. The van der Waals surface area contributed by atoms with Gasteiger partial charge in [-0.15, -0.1) is 0 Å². The Morgan fingerprint density at radius 2 is 2.20 bits per heavy atom. The average Bonchev–Trinajstić information content (AvgIpc) is 2.82. The molecule has 0 amide bonds. The number of hydrogen-bond acceptors (Lipinski definition) is 3. The first-order valence-corrected chi connectivity index (χ1v) is 4.72. The van der Waals surface area contributed by atoms with Crippen LogP contribution in [-0.4, -0.2) is 10.5 Å². The summed E-state index contributed by atoms with van der Waals surface area (Å²) in [6.07, 6.45) is 2.46. The lowest BCUT2D eigenvalue weighted by Gasteiger charge is -2.07. The van der Waals surface area contributed by atoms with Gasteiger partial charge >= 0.3 is 5.69 Å². The lowest BCUT2D eigenvalue weighted by atomic mass is 10.0. The molecule has 1 aliphatic carbocycles. The van der Waals surface area contributed by atoms with Crippen LogP contribution in [0.25, 0.3) is 0 Å². The van der Waals surface area contributed by atoms with E-state index in [4.69, 9.17) is 5.73 Å². The van der Waals surface area contributed by atoms with Crippen molar-refractivity contribution in [1.29, 1.82) is 0 Å². The highest BCUT2D eigenvalue weighted by Crippen LogP contribution is 2.36. The van der Waals surface area contributed by atoms with Gasteiger partial charge in [-0.2, -0.15) is 4.39 Å². The fourth-order valence-corrected chi connectivity index (χ4v) is 1.55. The maximum absolute atomic E-state index is 13.2. The zero-order chi connectivity index (χ0) is 11.1. The second-order valence-electron chi connectivity index (χ2n) is 4.08. The molecule has 0 bridgehead atoms. The summed E-state index contributed by atoms with van der Waals surface area (Å²) in [7, 11) is 0. The second-order valence-corrected chi connectivity index (χ2v) is 4.08. The summed E-state index contributed by atoms with van der Waals surface area (Å²) in [4.78, 5) is 9.64. The smallest absolute Gasteiger partial charge is 0.304 e. The number of nitro groups is 1. The minimum Gasteiger partial charge on any atom is -0.325 e. The summed E-state index contributed by atoms with van der Waals surface area (Å²) in [5.41, 5.74) is 5.90. The van der Waals surface area contributed by atoms with E-state index >= 15 is 0 Å². The van der Waals surface area contributed by atoms with E-state index in [1.807, 2.05) is 0 Å². The second kappa shape index (κ2) is 3.27. The lowest BCUT2D eigenvalue weighted by molar-refractivity contribution is -0.387. The molecule has 0 heterocycles. The van der Waals surface area contributed by atoms with Crippen LogP contribution in [0.3, 0.4) is 0 Å². The molecule has 0 atom stereocenters. The molecule has 80 valence electrons. The van der Waals surface area contributed by atoms with Crippen LogP contribution in [0.1, 0.15) is 18.4 Å². The van der Waals surface area contributed by atoms with Crippen molar-refractivity contribution in [3.8, 4) is 0 Å². The maximum atomic E-state index is 13.2. The fraction of sp³-hybridized carbons (Fsp3) is 0.400. The molecule has 1 aromatic rings. The third-order valence-corrected chi connectivity index (χ3v) is 2.66. The molecule has 2 N–H and O–H groups in total. The molecule has 5 heteroatoms. The van der Waals surface area contributed by atoms with Crippen molar-refractivity contribution in [2.24, 2.45) is 5.73 Å². The van der Waals surface area contributed by atoms with Crippen LogP contribution in [0, 0.1) is 15.9 Å². The van der Waals surface area contributed by atoms with Crippen LogP contribution in [0.4, 0.5) is 10.1 Å². The molecule has 1 aromatic carbocycles. The highest BCUT2D eigenvalue weighted by molar-refractivity contribution is 5.36. The van der Waals surface area contributed by atoms with E-state index in [1.54, 1.807) is 6.07 Å². The summed E-state index contributed by atoms with van der Waals surface area (Å²) in [5, 5.41) is 10.4. The normalized spacial score (nSPS) is 17.5. The maximum Gasteiger partial charge on any atom is 0.304 e. The van der Waals surface area contributed by atoms with Crippen molar-refractivity contribution >= 4 is 5.69 Å².